The molecule has 1 aromatic carbocycles. The fraction of sp³-hybridized carbons (Fsp3) is 0.294. The molecule has 0 radical (unpaired) electrons. The molecular weight excluding hydrogens is 302 g/mol. The van der Waals surface area contributed by atoms with Crippen molar-refractivity contribution in [2.45, 2.75) is 25.7 Å². The van der Waals surface area contributed by atoms with Gasteiger partial charge in [-0.2, -0.15) is 0 Å². The second kappa shape index (κ2) is 5.86. The molecule has 2 amide bonds. The molecule has 22 heavy (non-hydrogen) atoms. The predicted octanol–water partition coefficient (Wildman–Crippen LogP) is 3.10. The Morgan fingerprint density at radius 1 is 1.18 bits per heavy atom. The average molecular weight is 316 g/mol. The number of imide groups is 1. The van der Waals surface area contributed by atoms with Crippen LogP contribution in [0.1, 0.15) is 25.7 Å². The van der Waals surface area contributed by atoms with Crippen molar-refractivity contribution >= 4 is 29.1 Å². The average Bonchev–Trinajstić information content (AvgIpc) is 2.78. The Labute approximate surface area is 133 Å². The van der Waals surface area contributed by atoms with E-state index in [1.54, 1.807) is 18.2 Å². The number of anilines is 1. The highest BCUT2D eigenvalue weighted by Crippen LogP contribution is 2.39. The Hall–Kier alpha value is -2.25. The molecule has 0 N–H and O–H groups in total. The van der Waals surface area contributed by atoms with Crippen molar-refractivity contribution < 1.29 is 14.3 Å². The molecule has 0 bridgehead atoms. The molecule has 0 saturated carbocycles. The highest BCUT2D eigenvalue weighted by molar-refractivity contribution is 6.34. The summed E-state index contributed by atoms with van der Waals surface area (Å²) in [6.45, 7) is 0.0384. The monoisotopic (exact) mass is 315 g/mol. The number of ether oxygens (including phenoxy) is 1. The first-order chi connectivity index (χ1) is 10.6. The number of hydrogen-bond acceptors (Lipinski definition) is 3. The lowest BCUT2D eigenvalue weighted by molar-refractivity contribution is -0.120. The van der Waals surface area contributed by atoms with Crippen LogP contribution in [0.5, 0.6) is 5.75 Å². The summed E-state index contributed by atoms with van der Waals surface area (Å²) in [5.74, 6) is 2.19. The number of rotatable bonds is 3. The van der Waals surface area contributed by atoms with Crippen molar-refractivity contribution in [1.29, 1.82) is 0 Å². The molecule has 0 aromatic heterocycles. The molecule has 2 aliphatic rings. The van der Waals surface area contributed by atoms with Gasteiger partial charge in [-0.25, -0.2) is 4.90 Å². The van der Waals surface area contributed by atoms with E-state index in [4.69, 9.17) is 22.8 Å². The van der Waals surface area contributed by atoms with Crippen LogP contribution in [0.4, 0.5) is 5.69 Å². The predicted molar refractivity (Wildman–Crippen MR) is 83.8 cm³/mol. The SMILES string of the molecule is C#CCOc1cc(Cl)ccc1N1C(=O)C2=C(CCCC2)C1=O. The van der Waals surface area contributed by atoms with E-state index in [2.05, 4.69) is 5.92 Å². The lowest BCUT2D eigenvalue weighted by Crippen LogP contribution is -2.32. The first-order valence-electron chi connectivity index (χ1n) is 7.10. The van der Waals surface area contributed by atoms with E-state index in [0.717, 1.165) is 12.8 Å². The number of hydrogen-bond donors (Lipinski definition) is 0. The van der Waals surface area contributed by atoms with Crippen LogP contribution >= 0.6 is 11.6 Å². The van der Waals surface area contributed by atoms with Gasteiger partial charge in [-0.15, -0.1) is 6.42 Å². The maximum atomic E-state index is 12.6. The van der Waals surface area contributed by atoms with Gasteiger partial charge in [0.2, 0.25) is 0 Å². The standard InChI is InChI=1S/C17H14ClNO3/c1-2-9-22-15-10-11(18)7-8-14(15)19-16(20)12-5-3-4-6-13(12)17(19)21/h1,7-8,10H,3-6,9H2. The Bertz CT molecular complexity index is 702. The van der Waals surface area contributed by atoms with Crippen LogP contribution in [0, 0.1) is 12.3 Å². The van der Waals surface area contributed by atoms with E-state index in [1.165, 1.54) is 4.90 Å². The van der Waals surface area contributed by atoms with Gasteiger partial charge in [0.05, 0.1) is 5.69 Å². The summed E-state index contributed by atoms with van der Waals surface area (Å²) >= 11 is 5.97. The zero-order valence-corrected chi connectivity index (χ0v) is 12.7. The fourth-order valence-electron chi connectivity index (χ4n) is 2.87. The number of halogens is 1. The summed E-state index contributed by atoms with van der Waals surface area (Å²) in [7, 11) is 0. The zero-order chi connectivity index (χ0) is 15.7. The maximum absolute atomic E-state index is 12.6. The van der Waals surface area contributed by atoms with Gasteiger partial charge in [-0.1, -0.05) is 17.5 Å². The van der Waals surface area contributed by atoms with E-state index >= 15 is 0 Å². The third kappa shape index (κ3) is 2.38. The van der Waals surface area contributed by atoms with Gasteiger partial charge in [0.15, 0.2) is 0 Å². The third-order valence-electron chi connectivity index (χ3n) is 3.86. The fourth-order valence-corrected chi connectivity index (χ4v) is 3.03. The van der Waals surface area contributed by atoms with E-state index in [0.29, 0.717) is 40.4 Å². The van der Waals surface area contributed by atoms with Crippen LogP contribution in [-0.4, -0.2) is 18.4 Å². The van der Waals surface area contributed by atoms with Crippen LogP contribution in [0.3, 0.4) is 0 Å². The van der Waals surface area contributed by atoms with Crippen molar-refractivity contribution in [2.24, 2.45) is 0 Å². The van der Waals surface area contributed by atoms with Crippen LogP contribution < -0.4 is 9.64 Å². The number of carbonyl (C=O) groups excluding carboxylic acids is 2. The van der Waals surface area contributed by atoms with Crippen LogP contribution in [-0.2, 0) is 9.59 Å². The molecule has 1 aliphatic heterocycles. The maximum Gasteiger partial charge on any atom is 0.261 e. The van der Waals surface area contributed by atoms with E-state index in [1.807, 2.05) is 0 Å². The molecule has 1 heterocycles. The smallest absolute Gasteiger partial charge is 0.261 e. The van der Waals surface area contributed by atoms with Crippen LogP contribution in [0.15, 0.2) is 29.3 Å². The van der Waals surface area contributed by atoms with Gasteiger partial charge in [-0.3, -0.25) is 9.59 Å². The van der Waals surface area contributed by atoms with Crippen molar-refractivity contribution in [3.63, 3.8) is 0 Å². The molecule has 0 spiro atoms. The Morgan fingerprint density at radius 2 is 1.82 bits per heavy atom. The Kier molecular flexibility index (Phi) is 3.91. The second-order valence-electron chi connectivity index (χ2n) is 5.21. The molecule has 0 unspecified atom stereocenters. The van der Waals surface area contributed by atoms with Crippen molar-refractivity contribution in [3.8, 4) is 18.1 Å². The van der Waals surface area contributed by atoms with E-state index in [9.17, 15) is 9.59 Å². The number of amides is 2. The Morgan fingerprint density at radius 3 is 2.41 bits per heavy atom. The molecule has 5 heteroatoms. The summed E-state index contributed by atoms with van der Waals surface area (Å²) in [4.78, 5) is 26.3. The lowest BCUT2D eigenvalue weighted by Gasteiger charge is -2.19. The topological polar surface area (TPSA) is 46.6 Å². The first-order valence-corrected chi connectivity index (χ1v) is 7.48. The van der Waals surface area contributed by atoms with Gasteiger partial charge in [0.1, 0.15) is 12.4 Å². The summed E-state index contributed by atoms with van der Waals surface area (Å²) in [6, 6.07) is 4.80. The van der Waals surface area contributed by atoms with Crippen molar-refractivity contribution in [1.82, 2.24) is 0 Å². The molecule has 1 aliphatic carbocycles. The quantitative estimate of drug-likeness (QED) is 0.636. The minimum atomic E-state index is -0.257. The van der Waals surface area contributed by atoms with Gasteiger partial charge >= 0.3 is 0 Å². The van der Waals surface area contributed by atoms with E-state index < -0.39 is 0 Å². The van der Waals surface area contributed by atoms with Gasteiger partial charge in [0, 0.05) is 22.2 Å². The molecule has 0 fully saturated rings. The summed E-state index contributed by atoms with van der Waals surface area (Å²) < 4.78 is 5.44. The second-order valence-corrected chi connectivity index (χ2v) is 5.65. The molecule has 112 valence electrons. The van der Waals surface area contributed by atoms with Gasteiger partial charge < -0.3 is 4.74 Å². The third-order valence-corrected chi connectivity index (χ3v) is 4.10. The lowest BCUT2D eigenvalue weighted by atomic mass is 9.93. The van der Waals surface area contributed by atoms with Gasteiger partial charge in [0.25, 0.3) is 11.8 Å². The molecule has 1 aromatic rings. The minimum absolute atomic E-state index is 0.0384. The molecule has 0 saturated heterocycles. The number of nitrogens with zero attached hydrogens (tertiary/aromatic N) is 1. The Balaban J connectivity index is 2.00. The van der Waals surface area contributed by atoms with E-state index in [-0.39, 0.29) is 18.4 Å². The van der Waals surface area contributed by atoms with Crippen LogP contribution in [0.2, 0.25) is 5.02 Å². The summed E-state index contributed by atoms with van der Waals surface area (Å²) in [5.41, 5.74) is 1.66. The number of benzene rings is 1. The normalized spacial score (nSPS) is 17.5. The van der Waals surface area contributed by atoms with Crippen molar-refractivity contribution in [2.75, 3.05) is 11.5 Å². The number of terminal acetylenes is 1. The van der Waals surface area contributed by atoms with Crippen molar-refractivity contribution in [3.05, 3.63) is 34.4 Å². The first kappa shape index (κ1) is 14.7. The van der Waals surface area contributed by atoms with Gasteiger partial charge in [-0.05, 0) is 37.8 Å². The highest BCUT2D eigenvalue weighted by Gasteiger charge is 2.40. The molecule has 3 rings (SSSR count). The summed E-state index contributed by atoms with van der Waals surface area (Å²) in [5, 5.41) is 0.451. The largest absolute Gasteiger partial charge is 0.479 e. The highest BCUT2D eigenvalue weighted by atomic mass is 35.5. The molecular formula is C17H14ClNO3. The zero-order valence-electron chi connectivity index (χ0n) is 11.9. The summed E-state index contributed by atoms with van der Waals surface area (Å²) in [6.07, 6.45) is 8.39. The molecule has 0 atom stereocenters. The molecule has 4 nitrogen and oxygen atoms in total. The number of carbonyl (C=O) groups is 2. The minimum Gasteiger partial charge on any atom is -0.479 e. The van der Waals surface area contributed by atoms with Crippen LogP contribution in [0.25, 0.3) is 0 Å².